The summed E-state index contributed by atoms with van der Waals surface area (Å²) in [5, 5.41) is 11.4. The molecule has 0 N–H and O–H groups in total. The number of hydrogen-bond acceptors (Lipinski definition) is 3. The molecule has 64 valence electrons. The van der Waals surface area contributed by atoms with Crippen LogP contribution in [0.2, 0.25) is 0 Å². The van der Waals surface area contributed by atoms with E-state index in [4.69, 9.17) is 0 Å². The molecule has 0 aliphatic rings. The Morgan fingerprint density at radius 2 is 1.86 bits per heavy atom. The molecular weight excluding hydrogens is 173 g/mol. The number of pyridine rings is 1. The smallest absolute Gasteiger partial charge is 0.543 e. The predicted octanol–water partition coefficient (Wildman–Crippen LogP) is -2.40. The van der Waals surface area contributed by atoms with Gasteiger partial charge in [0.2, 0.25) is 0 Å². The van der Waals surface area contributed by atoms with E-state index < -0.39 is 5.97 Å². The number of rotatable bonds is 1. The Morgan fingerprint density at radius 3 is 2.57 bits per heavy atom. The van der Waals surface area contributed by atoms with Crippen molar-refractivity contribution < 1.29 is 28.8 Å². The van der Waals surface area contributed by atoms with Crippen LogP contribution in [0, 0.1) is 0 Å². The third-order valence-corrected chi connectivity index (χ3v) is 1.81. The minimum atomic E-state index is -1.24. The number of para-hydroxylation sites is 1. The second kappa shape index (κ2) is 4.27. The van der Waals surface area contributed by atoms with Crippen LogP contribution in [0.4, 0.5) is 0 Å². The molecule has 1 aromatic carbocycles. The Morgan fingerprint density at radius 1 is 1.14 bits per heavy atom. The van der Waals surface area contributed by atoms with E-state index in [1.54, 1.807) is 12.1 Å². The average Bonchev–Trinajstić information content (AvgIpc) is 2.17. The van der Waals surface area contributed by atoms with Crippen molar-refractivity contribution in [1.29, 1.82) is 0 Å². The van der Waals surface area contributed by atoms with Gasteiger partial charge in [0.1, 0.15) is 0 Å². The van der Waals surface area contributed by atoms with Crippen LogP contribution in [-0.4, -0.2) is 11.0 Å². The average molecular weight is 179 g/mol. The van der Waals surface area contributed by atoms with Gasteiger partial charge in [-0.1, -0.05) is 24.3 Å². The second-order valence-electron chi connectivity index (χ2n) is 2.68. The summed E-state index contributed by atoms with van der Waals surface area (Å²) >= 11 is 0. The Balaban J connectivity index is 0.000000980. The fourth-order valence-electron chi connectivity index (χ4n) is 1.18. The van der Waals surface area contributed by atoms with Crippen molar-refractivity contribution in [2.75, 3.05) is 0 Å². The molecule has 0 unspecified atom stereocenters. The maximum atomic E-state index is 10.5. The molecule has 0 amide bonds. The van der Waals surface area contributed by atoms with Crippen molar-refractivity contribution >= 4 is 16.9 Å². The molecule has 0 aliphatic carbocycles. The molecule has 0 fully saturated rings. The summed E-state index contributed by atoms with van der Waals surface area (Å²) < 4.78 is 0. The Hall–Kier alpha value is -1.30. The summed E-state index contributed by atoms with van der Waals surface area (Å²) in [6, 6.07) is 10.5. The molecule has 2 aromatic rings. The summed E-state index contributed by atoms with van der Waals surface area (Å²) in [5.41, 5.74) is 0.642. The van der Waals surface area contributed by atoms with Gasteiger partial charge in [-0.3, -0.25) is 0 Å². The zero-order chi connectivity index (χ0) is 9.26. The molecular formula is C10H6LiNO2. The first-order valence-corrected chi connectivity index (χ1v) is 3.84. The molecule has 0 aliphatic heterocycles. The van der Waals surface area contributed by atoms with E-state index >= 15 is 0 Å². The van der Waals surface area contributed by atoms with Gasteiger partial charge in [0, 0.05) is 5.39 Å². The van der Waals surface area contributed by atoms with Gasteiger partial charge in [-0.25, -0.2) is 4.98 Å². The van der Waals surface area contributed by atoms with Crippen molar-refractivity contribution in [3.8, 4) is 0 Å². The van der Waals surface area contributed by atoms with Gasteiger partial charge in [0.05, 0.1) is 17.2 Å². The second-order valence-corrected chi connectivity index (χ2v) is 2.68. The summed E-state index contributed by atoms with van der Waals surface area (Å²) in [7, 11) is 0. The van der Waals surface area contributed by atoms with Crippen LogP contribution in [0.25, 0.3) is 10.9 Å². The van der Waals surface area contributed by atoms with Gasteiger partial charge in [-0.05, 0) is 12.1 Å². The van der Waals surface area contributed by atoms with Crippen molar-refractivity contribution in [2.45, 2.75) is 0 Å². The fraction of sp³-hybridized carbons (Fsp3) is 0. The number of carbonyl (C=O) groups is 1. The number of nitrogens with zero attached hydrogens (tertiary/aromatic N) is 1. The summed E-state index contributed by atoms with van der Waals surface area (Å²) in [6.07, 6.45) is 0. The summed E-state index contributed by atoms with van der Waals surface area (Å²) in [5.74, 6) is -1.24. The molecule has 4 heteroatoms. The number of fused-ring (bicyclic) bond motifs is 1. The van der Waals surface area contributed by atoms with Crippen molar-refractivity contribution in [3.63, 3.8) is 0 Å². The molecule has 0 bridgehead atoms. The molecule has 0 saturated heterocycles. The van der Waals surface area contributed by atoms with Crippen LogP contribution in [0.5, 0.6) is 0 Å². The van der Waals surface area contributed by atoms with E-state index in [2.05, 4.69) is 4.98 Å². The first-order valence-electron chi connectivity index (χ1n) is 3.84. The number of benzene rings is 1. The number of hydrogen-bond donors (Lipinski definition) is 0. The van der Waals surface area contributed by atoms with Crippen LogP contribution >= 0.6 is 0 Å². The Bertz CT molecular complexity index is 470. The van der Waals surface area contributed by atoms with Crippen molar-refractivity contribution in [1.82, 2.24) is 4.98 Å². The van der Waals surface area contributed by atoms with Gasteiger partial charge in [-0.2, -0.15) is 0 Å². The van der Waals surface area contributed by atoms with E-state index in [0.717, 1.165) is 5.39 Å². The zero-order valence-electron chi connectivity index (χ0n) is 7.73. The standard InChI is InChI=1S/C10H7NO2.Li/c12-10(13)9-6-5-7-3-1-2-4-8(7)11-9;/h1-6H,(H,12,13);/q;+1/p-1. The topological polar surface area (TPSA) is 53.0 Å². The third kappa shape index (κ3) is 1.95. The molecule has 0 saturated carbocycles. The van der Waals surface area contributed by atoms with E-state index in [9.17, 15) is 9.90 Å². The van der Waals surface area contributed by atoms with Gasteiger partial charge in [0.15, 0.2) is 0 Å². The Kier molecular flexibility index (Phi) is 3.29. The minimum absolute atomic E-state index is 0. The fourth-order valence-corrected chi connectivity index (χ4v) is 1.18. The quantitative estimate of drug-likeness (QED) is 0.459. The monoisotopic (exact) mass is 179 g/mol. The number of carbonyl (C=O) groups excluding carboxylic acids is 1. The van der Waals surface area contributed by atoms with Gasteiger partial charge in [0.25, 0.3) is 0 Å². The van der Waals surface area contributed by atoms with E-state index in [1.165, 1.54) is 6.07 Å². The molecule has 0 atom stereocenters. The molecule has 0 spiro atoms. The van der Waals surface area contributed by atoms with E-state index in [-0.39, 0.29) is 24.6 Å². The first-order chi connectivity index (χ1) is 6.27. The van der Waals surface area contributed by atoms with Crippen LogP contribution in [0.1, 0.15) is 10.5 Å². The van der Waals surface area contributed by atoms with Crippen LogP contribution in [0.3, 0.4) is 0 Å². The molecule has 1 heterocycles. The summed E-state index contributed by atoms with van der Waals surface area (Å²) in [4.78, 5) is 14.4. The molecule has 14 heavy (non-hydrogen) atoms. The first kappa shape index (κ1) is 10.8. The SMILES string of the molecule is O=C([O-])c1ccc2ccccc2n1.[Li+]. The number of aromatic nitrogens is 1. The normalized spacial score (nSPS) is 9.43. The largest absolute Gasteiger partial charge is 1.00 e. The van der Waals surface area contributed by atoms with Crippen LogP contribution < -0.4 is 24.0 Å². The van der Waals surface area contributed by atoms with Gasteiger partial charge in [-0.15, -0.1) is 0 Å². The van der Waals surface area contributed by atoms with Crippen molar-refractivity contribution in [2.24, 2.45) is 0 Å². The van der Waals surface area contributed by atoms with Crippen LogP contribution in [0.15, 0.2) is 36.4 Å². The van der Waals surface area contributed by atoms with Gasteiger partial charge < -0.3 is 9.90 Å². The van der Waals surface area contributed by atoms with Crippen LogP contribution in [-0.2, 0) is 0 Å². The minimum Gasteiger partial charge on any atom is -0.543 e. The molecule has 0 radical (unpaired) electrons. The maximum absolute atomic E-state index is 10.5. The molecule has 3 nitrogen and oxygen atoms in total. The third-order valence-electron chi connectivity index (χ3n) is 1.81. The van der Waals surface area contributed by atoms with Gasteiger partial charge >= 0.3 is 18.9 Å². The molecule has 2 rings (SSSR count). The summed E-state index contributed by atoms with van der Waals surface area (Å²) in [6.45, 7) is 0. The maximum Gasteiger partial charge on any atom is 1.00 e. The molecule has 1 aromatic heterocycles. The number of aromatic carboxylic acids is 1. The van der Waals surface area contributed by atoms with E-state index in [1.807, 2.05) is 18.2 Å². The zero-order valence-corrected chi connectivity index (χ0v) is 7.73. The Labute approximate surface area is 93.0 Å². The predicted molar refractivity (Wildman–Crippen MR) is 46.1 cm³/mol. The number of carboxylic acid groups (broad SMARTS) is 1. The number of carboxylic acids is 1. The van der Waals surface area contributed by atoms with E-state index in [0.29, 0.717) is 5.52 Å². The van der Waals surface area contributed by atoms with Crippen molar-refractivity contribution in [3.05, 3.63) is 42.1 Å².